The third kappa shape index (κ3) is 8.30. The summed E-state index contributed by atoms with van der Waals surface area (Å²) in [7, 11) is 0. The molecule has 2 unspecified atom stereocenters. The quantitative estimate of drug-likeness (QED) is 0.583. The van der Waals surface area contributed by atoms with Crippen molar-refractivity contribution in [3.05, 3.63) is 47.2 Å². The van der Waals surface area contributed by atoms with Crippen LogP contribution in [-0.2, 0) is 22.4 Å². The molecule has 3 rings (SSSR count). The zero-order valence-electron chi connectivity index (χ0n) is 19.7. The van der Waals surface area contributed by atoms with Crippen LogP contribution >= 0.6 is 0 Å². The van der Waals surface area contributed by atoms with Crippen LogP contribution in [0.3, 0.4) is 0 Å². The zero-order chi connectivity index (χ0) is 22.8. The van der Waals surface area contributed by atoms with Gasteiger partial charge in [0.15, 0.2) is 0 Å². The molecular weight excluding hydrogens is 400 g/mol. The van der Waals surface area contributed by atoms with Crippen LogP contribution in [0.4, 0.5) is 0 Å². The molecule has 1 saturated carbocycles. The van der Waals surface area contributed by atoms with Crippen molar-refractivity contribution in [2.75, 3.05) is 19.6 Å². The van der Waals surface area contributed by atoms with E-state index in [4.69, 9.17) is 0 Å². The van der Waals surface area contributed by atoms with Crippen LogP contribution in [0.1, 0.15) is 63.5 Å². The molecule has 0 bridgehead atoms. The van der Waals surface area contributed by atoms with Gasteiger partial charge in [-0.05, 0) is 62.5 Å². The third-order valence-electron chi connectivity index (χ3n) is 6.37. The highest BCUT2D eigenvalue weighted by Gasteiger charge is 2.30. The van der Waals surface area contributed by atoms with Gasteiger partial charge in [0.2, 0.25) is 11.8 Å². The number of aryl methyl sites for hydroxylation is 2. The van der Waals surface area contributed by atoms with Crippen molar-refractivity contribution in [2.45, 2.75) is 77.3 Å². The Labute approximate surface area is 193 Å². The number of fused-ring (bicyclic) bond motifs is 1. The number of carbonyl (C=O) groups is 2. The molecule has 2 amide bonds. The highest BCUT2D eigenvalue weighted by Crippen LogP contribution is 2.33. The number of allylic oxidation sites excluding steroid dienone is 1. The summed E-state index contributed by atoms with van der Waals surface area (Å²) in [6.07, 6.45) is 9.99. The minimum Gasteiger partial charge on any atom is -0.379 e. The van der Waals surface area contributed by atoms with Crippen molar-refractivity contribution in [2.24, 2.45) is 5.92 Å². The van der Waals surface area contributed by atoms with E-state index in [0.717, 1.165) is 57.1 Å². The molecule has 0 radical (unpaired) electrons. The molecule has 2 aliphatic rings. The van der Waals surface area contributed by atoms with Crippen molar-refractivity contribution in [1.29, 1.82) is 0 Å². The lowest BCUT2D eigenvalue weighted by atomic mass is 9.97. The van der Waals surface area contributed by atoms with E-state index in [1.54, 1.807) is 0 Å². The average molecular weight is 441 g/mol. The zero-order valence-corrected chi connectivity index (χ0v) is 19.7. The SMILES string of the molecule is CC/C=C1/CNC(C)CCc2ccccc2CCCNC(=O)C(CC2CC2)NC(=O)CN1. The van der Waals surface area contributed by atoms with Crippen LogP contribution in [0.25, 0.3) is 0 Å². The summed E-state index contributed by atoms with van der Waals surface area (Å²) in [5.74, 6) is 0.375. The summed E-state index contributed by atoms with van der Waals surface area (Å²) < 4.78 is 0. The van der Waals surface area contributed by atoms with E-state index in [0.29, 0.717) is 25.0 Å². The van der Waals surface area contributed by atoms with Crippen LogP contribution in [0.15, 0.2) is 36.0 Å². The van der Waals surface area contributed by atoms with E-state index in [2.05, 4.69) is 65.5 Å². The fraction of sp³-hybridized carbons (Fsp3) is 0.615. The first-order valence-corrected chi connectivity index (χ1v) is 12.3. The van der Waals surface area contributed by atoms with Crippen LogP contribution in [-0.4, -0.2) is 43.5 Å². The number of amides is 2. The molecule has 0 aromatic heterocycles. The summed E-state index contributed by atoms with van der Waals surface area (Å²) in [6.45, 7) is 5.83. The summed E-state index contributed by atoms with van der Waals surface area (Å²) in [5, 5.41) is 12.9. The Morgan fingerprint density at radius 3 is 2.47 bits per heavy atom. The highest BCUT2D eigenvalue weighted by molar-refractivity contribution is 5.88. The largest absolute Gasteiger partial charge is 0.379 e. The summed E-state index contributed by atoms with van der Waals surface area (Å²) in [4.78, 5) is 25.4. The average Bonchev–Trinajstić information content (AvgIpc) is 3.60. The molecule has 0 spiro atoms. The van der Waals surface area contributed by atoms with Crippen LogP contribution in [0, 0.1) is 5.92 Å². The second kappa shape index (κ2) is 12.6. The lowest BCUT2D eigenvalue weighted by Crippen LogP contribution is -2.49. The molecule has 1 aromatic carbocycles. The molecule has 1 aliphatic heterocycles. The van der Waals surface area contributed by atoms with E-state index >= 15 is 0 Å². The number of carbonyl (C=O) groups excluding carboxylic acids is 2. The third-order valence-corrected chi connectivity index (χ3v) is 6.37. The van der Waals surface area contributed by atoms with Gasteiger partial charge in [-0.15, -0.1) is 0 Å². The number of hydrogen-bond acceptors (Lipinski definition) is 4. The molecule has 32 heavy (non-hydrogen) atoms. The first-order chi connectivity index (χ1) is 15.5. The van der Waals surface area contributed by atoms with Gasteiger partial charge >= 0.3 is 0 Å². The Kier molecular flexibility index (Phi) is 9.60. The fourth-order valence-corrected chi connectivity index (χ4v) is 4.23. The number of hydrogen-bond donors (Lipinski definition) is 4. The van der Waals surface area contributed by atoms with Crippen LogP contribution < -0.4 is 21.3 Å². The minimum atomic E-state index is -0.445. The summed E-state index contributed by atoms with van der Waals surface area (Å²) in [5.41, 5.74) is 3.79. The van der Waals surface area contributed by atoms with Gasteiger partial charge in [0, 0.05) is 24.8 Å². The van der Waals surface area contributed by atoms with E-state index in [-0.39, 0.29) is 18.4 Å². The lowest BCUT2D eigenvalue weighted by molar-refractivity contribution is -0.128. The van der Waals surface area contributed by atoms with Gasteiger partial charge in [-0.3, -0.25) is 9.59 Å². The van der Waals surface area contributed by atoms with Crippen molar-refractivity contribution in [1.82, 2.24) is 21.3 Å². The molecular formula is C26H40N4O2. The van der Waals surface area contributed by atoms with E-state index < -0.39 is 6.04 Å². The second-order valence-corrected chi connectivity index (χ2v) is 9.27. The molecule has 4 N–H and O–H groups in total. The lowest BCUT2D eigenvalue weighted by Gasteiger charge is -2.21. The summed E-state index contributed by atoms with van der Waals surface area (Å²) >= 11 is 0. The molecule has 1 fully saturated rings. The smallest absolute Gasteiger partial charge is 0.242 e. The van der Waals surface area contributed by atoms with E-state index in [1.807, 2.05) is 0 Å². The van der Waals surface area contributed by atoms with Crippen LogP contribution in [0.2, 0.25) is 0 Å². The Morgan fingerprint density at radius 2 is 1.75 bits per heavy atom. The Morgan fingerprint density at radius 1 is 1.00 bits per heavy atom. The van der Waals surface area contributed by atoms with Gasteiger partial charge in [0.1, 0.15) is 6.04 Å². The first kappa shape index (κ1) is 24.3. The van der Waals surface area contributed by atoms with Crippen molar-refractivity contribution in [3.63, 3.8) is 0 Å². The molecule has 0 saturated heterocycles. The monoisotopic (exact) mass is 440 g/mol. The van der Waals surface area contributed by atoms with Crippen molar-refractivity contribution >= 4 is 11.8 Å². The number of benzene rings is 1. The predicted molar refractivity (Wildman–Crippen MR) is 129 cm³/mol. The Balaban J connectivity index is 1.69. The molecule has 176 valence electrons. The molecule has 6 heteroatoms. The normalized spacial score (nSPS) is 25.6. The van der Waals surface area contributed by atoms with Crippen molar-refractivity contribution in [3.8, 4) is 0 Å². The van der Waals surface area contributed by atoms with Gasteiger partial charge in [0.25, 0.3) is 0 Å². The summed E-state index contributed by atoms with van der Waals surface area (Å²) in [6, 6.07) is 8.57. The molecule has 1 aromatic rings. The van der Waals surface area contributed by atoms with Crippen LogP contribution in [0.5, 0.6) is 0 Å². The van der Waals surface area contributed by atoms with Gasteiger partial charge in [0.05, 0.1) is 6.54 Å². The maximum Gasteiger partial charge on any atom is 0.242 e. The Hall–Kier alpha value is -2.34. The molecule has 1 heterocycles. The molecule has 1 aliphatic carbocycles. The second-order valence-electron chi connectivity index (χ2n) is 9.27. The topological polar surface area (TPSA) is 82.3 Å². The molecule has 2 atom stereocenters. The Bertz CT molecular complexity index is 788. The minimum absolute atomic E-state index is 0.0560. The van der Waals surface area contributed by atoms with Gasteiger partial charge in [-0.25, -0.2) is 0 Å². The predicted octanol–water partition coefficient (Wildman–Crippen LogP) is 2.83. The van der Waals surface area contributed by atoms with Gasteiger partial charge < -0.3 is 21.3 Å². The fourth-order valence-electron chi connectivity index (χ4n) is 4.23. The van der Waals surface area contributed by atoms with E-state index in [1.165, 1.54) is 11.1 Å². The molecule has 6 nitrogen and oxygen atoms in total. The van der Waals surface area contributed by atoms with E-state index in [9.17, 15) is 9.59 Å². The maximum absolute atomic E-state index is 12.8. The number of nitrogens with one attached hydrogen (secondary N) is 4. The highest BCUT2D eigenvalue weighted by atomic mass is 16.2. The standard InChI is InChI=1S/C26H40N4O2/c1-3-7-23-17-28-19(2)11-14-22-9-5-4-8-21(22)10-6-15-27-26(32)24(16-20-12-13-20)30-25(31)18-29-23/h4-5,7-9,19-20,24,28-29H,3,6,10-18H2,1-2H3,(H,27,32)(H,30,31)/b23-7-. The number of rotatable bonds is 3. The van der Waals surface area contributed by atoms with Gasteiger partial charge in [-0.1, -0.05) is 50.1 Å². The maximum atomic E-state index is 12.8. The first-order valence-electron chi connectivity index (χ1n) is 12.3. The van der Waals surface area contributed by atoms with Crippen molar-refractivity contribution < 1.29 is 9.59 Å². The van der Waals surface area contributed by atoms with Gasteiger partial charge in [-0.2, -0.15) is 0 Å².